The molecule has 4 rings (SSSR count). The van der Waals surface area contributed by atoms with Gasteiger partial charge in [-0.25, -0.2) is 4.98 Å². The predicted molar refractivity (Wildman–Crippen MR) is 94.4 cm³/mol. The van der Waals surface area contributed by atoms with Crippen molar-refractivity contribution in [2.75, 3.05) is 6.54 Å². The summed E-state index contributed by atoms with van der Waals surface area (Å²) in [5.41, 5.74) is 1.84. The number of thiazole rings is 1. The monoisotopic (exact) mass is 343 g/mol. The van der Waals surface area contributed by atoms with Gasteiger partial charge in [0.25, 0.3) is 5.56 Å². The van der Waals surface area contributed by atoms with Crippen LogP contribution in [-0.4, -0.2) is 36.7 Å². The van der Waals surface area contributed by atoms with Crippen LogP contribution < -0.4 is 5.56 Å². The molecule has 0 N–H and O–H groups in total. The highest BCUT2D eigenvalue weighted by molar-refractivity contribution is 7.15. The van der Waals surface area contributed by atoms with Gasteiger partial charge in [0.05, 0.1) is 12.2 Å². The molecule has 0 saturated carbocycles. The molecular weight excluding hydrogens is 322 g/mol. The largest absolute Gasteiger partial charge is 0.293 e. The Morgan fingerprint density at radius 1 is 1.38 bits per heavy atom. The van der Waals surface area contributed by atoms with Crippen LogP contribution in [0.5, 0.6) is 0 Å². The molecule has 0 unspecified atom stereocenters. The molecule has 3 aromatic rings. The molecule has 7 heteroatoms. The first kappa shape index (κ1) is 15.5. The van der Waals surface area contributed by atoms with Crippen molar-refractivity contribution in [3.05, 3.63) is 51.6 Å². The predicted octanol–water partition coefficient (Wildman–Crippen LogP) is 2.32. The molecular formula is C17H21N5OS. The first-order chi connectivity index (χ1) is 11.7. The van der Waals surface area contributed by atoms with Crippen LogP contribution in [0.3, 0.4) is 0 Å². The van der Waals surface area contributed by atoms with Crippen molar-refractivity contribution in [1.29, 1.82) is 0 Å². The normalized spacial score (nSPS) is 19.1. The minimum Gasteiger partial charge on any atom is -0.293 e. The number of hydrogen-bond acceptors (Lipinski definition) is 5. The minimum absolute atomic E-state index is 0.0226. The Labute approximate surface area is 144 Å². The molecule has 1 saturated heterocycles. The summed E-state index contributed by atoms with van der Waals surface area (Å²) in [5, 5.41) is 6.31. The Morgan fingerprint density at radius 3 is 3.12 bits per heavy atom. The second kappa shape index (κ2) is 6.49. The van der Waals surface area contributed by atoms with Gasteiger partial charge in [-0.2, -0.15) is 5.10 Å². The zero-order chi connectivity index (χ0) is 16.5. The van der Waals surface area contributed by atoms with Crippen LogP contribution >= 0.6 is 11.3 Å². The van der Waals surface area contributed by atoms with E-state index in [9.17, 15) is 4.79 Å². The van der Waals surface area contributed by atoms with Gasteiger partial charge in [0.2, 0.25) is 0 Å². The summed E-state index contributed by atoms with van der Waals surface area (Å²) < 4.78 is 3.68. The Morgan fingerprint density at radius 2 is 2.29 bits per heavy atom. The van der Waals surface area contributed by atoms with E-state index in [2.05, 4.69) is 10.00 Å². The van der Waals surface area contributed by atoms with E-state index in [4.69, 9.17) is 4.98 Å². The first-order valence-corrected chi connectivity index (χ1v) is 9.27. The smallest absolute Gasteiger partial charge is 0.259 e. The molecule has 3 aromatic heterocycles. The molecule has 0 amide bonds. The van der Waals surface area contributed by atoms with Crippen LogP contribution in [0.4, 0.5) is 0 Å². The Hall–Kier alpha value is -1.99. The van der Waals surface area contributed by atoms with E-state index in [0.717, 1.165) is 36.0 Å². The van der Waals surface area contributed by atoms with Gasteiger partial charge in [0.1, 0.15) is 0 Å². The maximum atomic E-state index is 12.4. The van der Waals surface area contributed by atoms with Gasteiger partial charge in [-0.15, -0.1) is 11.3 Å². The maximum absolute atomic E-state index is 12.4. The maximum Gasteiger partial charge on any atom is 0.259 e. The summed E-state index contributed by atoms with van der Waals surface area (Å²) in [4.78, 5) is 20.3. The van der Waals surface area contributed by atoms with Gasteiger partial charge < -0.3 is 0 Å². The first-order valence-electron chi connectivity index (χ1n) is 8.39. The highest BCUT2D eigenvalue weighted by Gasteiger charge is 2.23. The number of nitrogens with zero attached hydrogens (tertiary/aromatic N) is 5. The number of fused-ring (bicyclic) bond motifs is 1. The standard InChI is InChI=1S/C17H21N5OS/c1-13-12-24-17-19-14(9-16(23)22(13)17)10-20-7-3-2-5-15(20)11-21-8-4-6-18-21/h4,6,8-9,12,15H,2-3,5,7,10-11H2,1H3/t15-/m0/s1. The summed E-state index contributed by atoms with van der Waals surface area (Å²) in [6.07, 6.45) is 7.45. The summed E-state index contributed by atoms with van der Waals surface area (Å²) in [7, 11) is 0. The lowest BCUT2D eigenvalue weighted by atomic mass is 10.0. The summed E-state index contributed by atoms with van der Waals surface area (Å²) in [5.74, 6) is 0. The topological polar surface area (TPSA) is 55.4 Å². The molecule has 1 aliphatic heterocycles. The lowest BCUT2D eigenvalue weighted by Gasteiger charge is -2.35. The molecule has 0 bridgehead atoms. The van der Waals surface area contributed by atoms with Gasteiger partial charge >= 0.3 is 0 Å². The van der Waals surface area contributed by atoms with Gasteiger partial charge in [-0.3, -0.25) is 18.8 Å². The van der Waals surface area contributed by atoms with Gasteiger partial charge in [0, 0.05) is 42.1 Å². The number of aromatic nitrogens is 4. The zero-order valence-corrected chi connectivity index (χ0v) is 14.6. The van der Waals surface area contributed by atoms with E-state index in [1.54, 1.807) is 10.5 Å². The average Bonchev–Trinajstić information content (AvgIpc) is 3.19. The SMILES string of the molecule is Cc1csc2nc(CN3CCCC[C@H]3Cn3cccn3)cc(=O)n12. The molecule has 0 radical (unpaired) electrons. The molecule has 6 nitrogen and oxygen atoms in total. The van der Waals surface area contributed by atoms with Crippen LogP contribution in [0.25, 0.3) is 4.96 Å². The fourth-order valence-electron chi connectivity index (χ4n) is 3.49. The second-order valence-corrected chi connectivity index (χ2v) is 7.27. The minimum atomic E-state index is 0.0226. The second-order valence-electron chi connectivity index (χ2n) is 6.43. The van der Waals surface area contributed by atoms with Crippen molar-refractivity contribution in [2.24, 2.45) is 0 Å². The number of aryl methyl sites for hydroxylation is 1. The van der Waals surface area contributed by atoms with Gasteiger partial charge in [-0.05, 0) is 32.4 Å². The number of hydrogen-bond donors (Lipinski definition) is 0. The fraction of sp³-hybridized carbons (Fsp3) is 0.471. The van der Waals surface area contributed by atoms with E-state index < -0.39 is 0 Å². The third-order valence-corrected chi connectivity index (χ3v) is 5.64. The lowest BCUT2D eigenvalue weighted by Crippen LogP contribution is -2.42. The van der Waals surface area contributed by atoms with Crippen molar-refractivity contribution in [3.63, 3.8) is 0 Å². The van der Waals surface area contributed by atoms with E-state index in [1.807, 2.05) is 35.4 Å². The fourth-order valence-corrected chi connectivity index (χ4v) is 4.38. The summed E-state index contributed by atoms with van der Waals surface area (Å²) in [6.45, 7) is 4.62. The van der Waals surface area contributed by atoms with Crippen LogP contribution in [0.2, 0.25) is 0 Å². The van der Waals surface area contributed by atoms with Gasteiger partial charge in [0.15, 0.2) is 4.96 Å². The van der Waals surface area contributed by atoms with Crippen LogP contribution in [0.1, 0.15) is 30.7 Å². The number of piperidine rings is 1. The molecule has 24 heavy (non-hydrogen) atoms. The molecule has 1 fully saturated rings. The van der Waals surface area contributed by atoms with E-state index in [1.165, 1.54) is 30.6 Å². The van der Waals surface area contributed by atoms with E-state index >= 15 is 0 Å². The molecule has 1 atom stereocenters. The van der Waals surface area contributed by atoms with Crippen LogP contribution in [-0.2, 0) is 13.1 Å². The van der Waals surface area contributed by atoms with E-state index in [0.29, 0.717) is 6.04 Å². The Kier molecular flexibility index (Phi) is 4.20. The molecule has 0 spiro atoms. The molecule has 4 heterocycles. The highest BCUT2D eigenvalue weighted by atomic mass is 32.1. The third-order valence-electron chi connectivity index (χ3n) is 4.70. The van der Waals surface area contributed by atoms with Gasteiger partial charge in [-0.1, -0.05) is 6.42 Å². The third kappa shape index (κ3) is 3.01. The summed E-state index contributed by atoms with van der Waals surface area (Å²) >= 11 is 1.53. The number of likely N-dealkylation sites (tertiary alicyclic amines) is 1. The molecule has 1 aliphatic rings. The van der Waals surface area contributed by atoms with Crippen molar-refractivity contribution in [3.8, 4) is 0 Å². The quantitative estimate of drug-likeness (QED) is 0.729. The van der Waals surface area contributed by atoms with Crippen LogP contribution in [0.15, 0.2) is 34.7 Å². The van der Waals surface area contributed by atoms with Crippen molar-refractivity contribution in [1.82, 2.24) is 24.1 Å². The van der Waals surface area contributed by atoms with E-state index in [-0.39, 0.29) is 5.56 Å². The number of rotatable bonds is 4. The Balaban J connectivity index is 1.57. The van der Waals surface area contributed by atoms with Crippen molar-refractivity contribution >= 4 is 16.3 Å². The summed E-state index contributed by atoms with van der Waals surface area (Å²) in [6, 6.07) is 4.10. The van der Waals surface area contributed by atoms with Crippen molar-refractivity contribution < 1.29 is 0 Å². The van der Waals surface area contributed by atoms with Crippen LogP contribution in [0, 0.1) is 6.92 Å². The molecule has 0 aliphatic carbocycles. The molecule has 0 aromatic carbocycles. The average molecular weight is 343 g/mol. The molecule has 126 valence electrons. The highest BCUT2D eigenvalue weighted by Crippen LogP contribution is 2.21. The zero-order valence-electron chi connectivity index (χ0n) is 13.8. The van der Waals surface area contributed by atoms with Crippen molar-refractivity contribution in [2.45, 2.75) is 45.3 Å². The lowest BCUT2D eigenvalue weighted by molar-refractivity contribution is 0.120. The Bertz CT molecular complexity index is 882.